The molecule has 8 aromatic heterocycles. The predicted octanol–water partition coefficient (Wildman–Crippen LogP) is 5.31. The number of imidazole rings is 2. The van der Waals surface area contributed by atoms with Gasteiger partial charge in [-0.05, 0) is 54.7 Å². The Bertz CT molecular complexity index is 6690. The fourth-order valence-corrected chi connectivity index (χ4v) is 24.9. The maximum atomic E-state index is 14.5. The molecule has 4 saturated heterocycles. The number of H-pyrrole nitrogens is 2. The van der Waals surface area contributed by atoms with E-state index in [0.29, 0.717) is 11.0 Å². The standard InChI is InChI=1S/C13H19FN7O13P3.C13H19FN7O12P3.C12H18FN8O13P3.C12H18FN8O12P3/c1-13(14,19-20-16)32-7-4-9(21-3-2-6-10(21)17-12(15)18-11(6)22)31-8(7)5-30-36(26,27)34-37(28,29)33-35(23,24)25;1-13(14,19-20-16)31-8-4-10(21-3-2-7-11(15)17-6-18-12(7)21)30-9(8)5-29-35(25,26)33-36(27,28)32-34(22,23)24;1-12(13,19-20-15)32-5-2-7(21-4-16-8-9(21)17-11(14)18-10(8)22)31-6(5)3-30-36(26,27)34-37(28,29)33-35(23,24)25;1-12(13,19-20-15)31-6-2-8(21-5-18-9-10(14)16-4-17-11(9)21)30-7(6)3-29-35(25,26)33-36(27,28)32-34(22,23)24/h2-3,7-9H,4-5H2,1H3,(H,26,27)(H,28,29)(H2,23,24,25)(H3,15,17,18,22);2-3,6,8-10H,4-5H2,1H3,(H,25,26)(H,27,28)(H2,15,17,18)(H2,22,23,24);4-7H,2-3H2,1H3,(H,26,27)(H,28,29)(H2,23,24,25)(H3,14,17,18,22);4-8H,2-3H2,1H3,(H,25,26)(H,27,28)(H2,14,16,17)(H2,22,23,24)/t7?,8-,9-,13-;8?,9-,10-,13-;5?,6-,7-,12-;6?,7-,8-,12-/m1111/s1. The van der Waals surface area contributed by atoms with Crippen LogP contribution in [0.5, 0.6) is 0 Å². The fourth-order valence-electron chi connectivity index (χ4n) is 12.7. The number of alkyl halides is 4. The van der Waals surface area contributed by atoms with Gasteiger partial charge in [0.1, 0.15) is 79.0 Å². The SMILES string of the molecule is C[C@@](F)(N=[N+]=[N-])OC1C[C@H](n2ccc3c(=O)[nH]c(N)nc32)O[C@@H]1COP(=O)(O)OP(=O)(O)OP(=O)(O)O.C[C@@](F)(N=[N+]=[N-])OC1C[C@H](n2ccc3c(N)ncnc32)O[C@@H]1COP(=O)(O)OP(=O)(O)OP(=O)(O)O.C[C@@](F)(N=[N+]=[N-])OC1C[C@H](n2cnc3c(=O)[nH]c(N)nc32)O[C@@H]1COP(=O)(O)OP(=O)(O)OP(=O)(O)O.C[C@@](F)(N=[N+]=[N-])OC1C[C@H](n2cnc3c(N)ncnc32)O[C@@H]1COP(=O)(O)OP(=O)(O)OP(=O)(O)O. The van der Waals surface area contributed by atoms with E-state index in [1.807, 2.05) is 0 Å². The number of nitrogen functional groups attached to an aromatic ring is 4. The second-order valence-electron chi connectivity index (χ2n) is 28.9. The average molecular weight is 2340 g/mol. The molecule has 0 saturated carbocycles. The molecule has 12 unspecified atom stereocenters. The van der Waals surface area contributed by atoms with E-state index in [2.05, 4.69) is 143 Å². The average Bonchev–Trinajstić information content (AvgIpc) is 1.63. The Morgan fingerprint density at radius 3 is 0.973 bits per heavy atom. The molecule has 4 aliphatic rings. The highest BCUT2D eigenvalue weighted by Gasteiger charge is 2.52. The summed E-state index contributed by atoms with van der Waals surface area (Å²) in [6.45, 7) is -0.834. The Morgan fingerprint density at radius 1 is 0.377 bits per heavy atom. The molecule has 812 valence electrons. The summed E-state index contributed by atoms with van der Waals surface area (Å²) in [7, 11) is -67.6. The molecule has 146 heavy (non-hydrogen) atoms. The normalized spacial score (nSPS) is 25.4. The summed E-state index contributed by atoms with van der Waals surface area (Å²) in [5.41, 5.74) is 56.1. The van der Waals surface area contributed by atoms with Crippen LogP contribution in [-0.4, -0.2) is 246 Å². The zero-order valence-corrected chi connectivity index (χ0v) is 82.9. The number of ether oxygens (including phenoxy) is 8. The molecule has 0 spiro atoms. The highest BCUT2D eigenvalue weighted by molar-refractivity contribution is 7.68. The second-order valence-corrected chi connectivity index (χ2v) is 46.5. The van der Waals surface area contributed by atoms with Crippen molar-refractivity contribution in [1.82, 2.24) is 68.1 Å². The van der Waals surface area contributed by atoms with Crippen LogP contribution < -0.4 is 34.1 Å². The number of hydrogen-bond donors (Lipinski definition) is 22. The lowest BCUT2D eigenvalue weighted by molar-refractivity contribution is -0.179. The second kappa shape index (κ2) is 46.7. The molecule has 4 aliphatic heterocycles. The van der Waals surface area contributed by atoms with Crippen molar-refractivity contribution in [2.45, 2.75) is 151 Å². The summed E-state index contributed by atoms with van der Waals surface area (Å²) in [4.78, 5) is 214. The van der Waals surface area contributed by atoms with Crippen LogP contribution in [-0.2, 0) is 145 Å². The fraction of sp³-hybridized carbons (Fsp3) is 0.560. The van der Waals surface area contributed by atoms with Crippen molar-refractivity contribution < 1.29 is 241 Å². The summed E-state index contributed by atoms with van der Waals surface area (Å²) >= 11 is 0. The zero-order chi connectivity index (χ0) is 110. The molecule has 96 heteroatoms. The topological polar surface area (TPSA) is 1200 Å². The minimum absolute atomic E-state index is 0.0495. The summed E-state index contributed by atoms with van der Waals surface area (Å²) in [5, 5.41) is 11.9. The van der Waals surface area contributed by atoms with Crippen LogP contribution in [0.15, 0.2) is 79.9 Å². The Morgan fingerprint density at radius 2 is 0.651 bits per heavy atom. The molecule has 0 aliphatic carbocycles. The number of nitrogens with zero attached hydrogens (tertiary/aromatic N) is 24. The Balaban J connectivity index is 0.000000217. The molecule has 12 rings (SSSR count). The number of fused-ring (bicyclic) bond motifs is 4. The van der Waals surface area contributed by atoms with E-state index in [9.17, 15) is 121 Å². The van der Waals surface area contributed by atoms with Crippen LogP contribution in [0.25, 0.3) is 86.2 Å². The monoisotopic (exact) mass is 2340 g/mol. The van der Waals surface area contributed by atoms with Crippen molar-refractivity contribution in [2.75, 3.05) is 49.4 Å². The quantitative estimate of drug-likeness (QED) is 0.00574. The van der Waals surface area contributed by atoms with Crippen LogP contribution in [0.1, 0.15) is 78.3 Å². The molecular weight excluding hydrogens is 2270 g/mol. The molecule has 8 aromatic rings. The van der Waals surface area contributed by atoms with Gasteiger partial charge in [0, 0.05) is 85.4 Å². The molecule has 80 nitrogen and oxygen atoms in total. The first-order valence-electron chi connectivity index (χ1n) is 37.9. The highest BCUT2D eigenvalue weighted by atomic mass is 31.3. The van der Waals surface area contributed by atoms with Crippen LogP contribution >= 0.6 is 93.9 Å². The van der Waals surface area contributed by atoms with Crippen molar-refractivity contribution in [3.05, 3.63) is 112 Å². The van der Waals surface area contributed by atoms with Gasteiger partial charge in [0.25, 0.3) is 35.0 Å². The Hall–Kier alpha value is -8.58. The number of nitrogens with one attached hydrogen (secondary N) is 2. The van der Waals surface area contributed by atoms with Crippen molar-refractivity contribution in [1.29, 1.82) is 0 Å². The van der Waals surface area contributed by atoms with Crippen LogP contribution in [0.4, 0.5) is 41.1 Å². The van der Waals surface area contributed by atoms with E-state index in [1.165, 1.54) is 49.4 Å². The first-order chi connectivity index (χ1) is 66.8. The van der Waals surface area contributed by atoms with Gasteiger partial charge in [-0.3, -0.25) is 46.8 Å². The van der Waals surface area contributed by atoms with Crippen molar-refractivity contribution in [3.8, 4) is 0 Å². The van der Waals surface area contributed by atoms with Gasteiger partial charge in [0.05, 0.1) is 74.3 Å². The largest absolute Gasteiger partial charge is 0.490 e. The van der Waals surface area contributed by atoms with Crippen molar-refractivity contribution in [3.63, 3.8) is 0 Å². The van der Waals surface area contributed by atoms with Gasteiger partial charge in [-0.15, -0.1) is 0 Å². The maximum absolute atomic E-state index is 14.5. The molecule has 12 heterocycles. The first kappa shape index (κ1) is 121. The van der Waals surface area contributed by atoms with Crippen molar-refractivity contribution in [2.24, 2.45) is 20.5 Å². The molecule has 0 amide bonds. The number of halogens is 4. The number of phosphoric acid groups is 12. The zero-order valence-electron chi connectivity index (χ0n) is 72.2. The third kappa shape index (κ3) is 36.4. The van der Waals surface area contributed by atoms with Gasteiger partial charge in [0.2, 0.25) is 11.9 Å². The lowest BCUT2D eigenvalue weighted by Crippen LogP contribution is -2.35. The van der Waals surface area contributed by atoms with E-state index in [1.54, 1.807) is 6.07 Å². The van der Waals surface area contributed by atoms with E-state index in [4.69, 9.17) is 122 Å². The lowest BCUT2D eigenvalue weighted by atomic mass is 10.2. The molecule has 24 atom stereocenters. The first-order valence-corrected chi connectivity index (χ1v) is 56.0. The number of phosphoric ester groups is 4. The van der Waals surface area contributed by atoms with Gasteiger partial charge >= 0.3 is 93.9 Å². The minimum atomic E-state index is -5.80. The molecule has 0 radical (unpaired) electrons. The number of anilines is 4. The van der Waals surface area contributed by atoms with E-state index in [-0.39, 0.29) is 82.6 Å². The number of rotatable bonds is 44. The molecule has 26 N–H and O–H groups in total. The van der Waals surface area contributed by atoms with E-state index in [0.717, 1.165) is 40.3 Å². The molecule has 4 fully saturated rings. The lowest BCUT2D eigenvalue weighted by Gasteiger charge is -2.24. The smallest absolute Gasteiger partial charge is 0.383 e. The Kier molecular flexibility index (Phi) is 38.7. The van der Waals surface area contributed by atoms with E-state index < -0.39 is 229 Å². The molecule has 0 bridgehead atoms. The predicted molar refractivity (Wildman–Crippen MR) is 457 cm³/mol. The van der Waals surface area contributed by atoms with Gasteiger partial charge in [-0.25, -0.2) is 102 Å². The highest BCUT2D eigenvalue weighted by Crippen LogP contribution is 2.70. The third-order valence-corrected chi connectivity index (χ3v) is 32.8. The molecular formula is C50H74F4N30O50P12. The number of aromatic nitrogens is 14. The summed E-state index contributed by atoms with van der Waals surface area (Å²) in [6, 6.07) is 2.95. The van der Waals surface area contributed by atoms with Crippen molar-refractivity contribution >= 4 is 162 Å². The van der Waals surface area contributed by atoms with Gasteiger partial charge in [0.15, 0.2) is 28.3 Å². The number of azide groups is 4. The number of nitrogens with two attached hydrogens (primary N) is 4. The number of hydrogen-bond acceptors (Lipinski definition) is 50. The third-order valence-electron chi connectivity index (χ3n) is 17.6. The van der Waals surface area contributed by atoms with Crippen LogP contribution in [0.3, 0.4) is 0 Å². The van der Waals surface area contributed by atoms with Crippen LogP contribution in [0.2, 0.25) is 0 Å². The minimum Gasteiger partial charge on any atom is -0.383 e. The summed E-state index contributed by atoms with van der Waals surface area (Å²) in [6.07, 6.45) is -8.45. The maximum Gasteiger partial charge on any atom is 0.490 e. The summed E-state index contributed by atoms with van der Waals surface area (Å²) in [5.74, 6) is -11.9. The van der Waals surface area contributed by atoms with Gasteiger partial charge < -0.3 is 148 Å². The Labute approximate surface area is 801 Å². The van der Waals surface area contributed by atoms with Crippen LogP contribution in [0, 0.1) is 0 Å². The van der Waals surface area contributed by atoms with Gasteiger partial charge in [-0.2, -0.15) is 44.5 Å². The number of aromatic amines is 2. The van der Waals surface area contributed by atoms with E-state index >= 15 is 0 Å². The molecule has 0 aromatic carbocycles. The summed E-state index contributed by atoms with van der Waals surface area (Å²) < 4.78 is 291. The van der Waals surface area contributed by atoms with Gasteiger partial charge in [-0.1, -0.05) is 0 Å².